The molecule has 0 spiro atoms. The zero-order valence-electron chi connectivity index (χ0n) is 18.4. The van der Waals surface area contributed by atoms with Crippen LogP contribution in [0.1, 0.15) is 44.9 Å². The minimum Gasteiger partial charge on any atom is -0.393 e. The summed E-state index contributed by atoms with van der Waals surface area (Å²) in [5.74, 6) is -0.197. The van der Waals surface area contributed by atoms with E-state index in [2.05, 4.69) is 20.4 Å². The highest BCUT2D eigenvalue weighted by molar-refractivity contribution is 6.01. The summed E-state index contributed by atoms with van der Waals surface area (Å²) in [6, 6.07) is 4.49. The van der Waals surface area contributed by atoms with Gasteiger partial charge in [0.15, 0.2) is 0 Å². The van der Waals surface area contributed by atoms with Crippen LogP contribution in [-0.4, -0.2) is 66.7 Å². The largest absolute Gasteiger partial charge is 0.393 e. The van der Waals surface area contributed by atoms with E-state index in [0.29, 0.717) is 17.8 Å². The molecule has 3 N–H and O–H groups in total. The number of nitrogens with one attached hydrogen (secondary N) is 2. The average Bonchev–Trinajstić information content (AvgIpc) is 2.76. The van der Waals surface area contributed by atoms with E-state index >= 15 is 0 Å². The fraction of sp³-hybridized carbons (Fsp3) is 0.652. The molecule has 0 bridgehead atoms. The highest BCUT2D eigenvalue weighted by Gasteiger charge is 2.27. The summed E-state index contributed by atoms with van der Waals surface area (Å²) in [6.07, 6.45) is 5.92. The number of benzene rings is 1. The first-order chi connectivity index (χ1) is 15.0. The van der Waals surface area contributed by atoms with Gasteiger partial charge in [-0.2, -0.15) is 0 Å². The van der Waals surface area contributed by atoms with Crippen molar-refractivity contribution in [1.82, 2.24) is 10.2 Å². The van der Waals surface area contributed by atoms with Crippen LogP contribution in [0.25, 0.3) is 0 Å². The second-order valence-corrected chi connectivity index (χ2v) is 9.11. The molecule has 1 saturated carbocycles. The van der Waals surface area contributed by atoms with Crippen LogP contribution in [-0.2, 0) is 9.59 Å². The molecule has 2 aliphatic heterocycles. The second kappa shape index (κ2) is 11.3. The molecule has 178 valence electrons. The van der Waals surface area contributed by atoms with Gasteiger partial charge in [-0.15, -0.1) is 12.4 Å². The molecule has 32 heavy (non-hydrogen) atoms. The van der Waals surface area contributed by atoms with Crippen molar-refractivity contribution in [2.45, 2.75) is 57.1 Å². The Morgan fingerprint density at radius 1 is 1.06 bits per heavy atom. The number of aliphatic hydroxyl groups is 1. The summed E-state index contributed by atoms with van der Waals surface area (Å²) >= 11 is 0. The lowest BCUT2D eigenvalue weighted by molar-refractivity contribution is -0.133. The lowest BCUT2D eigenvalue weighted by Gasteiger charge is -2.37. The first kappa shape index (κ1) is 24.7. The molecule has 1 aromatic carbocycles. The number of aliphatic hydroxyl groups excluding tert-OH is 1. The number of piperazine rings is 1. The summed E-state index contributed by atoms with van der Waals surface area (Å²) in [5.41, 5.74) is 1.14. The quantitative estimate of drug-likeness (QED) is 0.556. The van der Waals surface area contributed by atoms with Crippen molar-refractivity contribution in [3.8, 4) is 0 Å². The Balaban J connectivity index is 0.00000289. The fourth-order valence-electron chi connectivity index (χ4n) is 4.90. The maximum Gasteiger partial charge on any atom is 0.249 e. The van der Waals surface area contributed by atoms with Gasteiger partial charge in [-0.1, -0.05) is 0 Å². The van der Waals surface area contributed by atoms with Gasteiger partial charge in [0.2, 0.25) is 11.8 Å². The number of hydrogen-bond donors (Lipinski definition) is 3. The smallest absolute Gasteiger partial charge is 0.249 e. The van der Waals surface area contributed by atoms with E-state index < -0.39 is 6.04 Å². The number of anilines is 2. The maximum atomic E-state index is 14.8. The predicted octanol–water partition coefficient (Wildman–Crippen LogP) is 2.53. The third-order valence-electron chi connectivity index (χ3n) is 6.91. The van der Waals surface area contributed by atoms with E-state index in [4.69, 9.17) is 0 Å². The highest BCUT2D eigenvalue weighted by atomic mass is 35.5. The molecule has 1 aromatic rings. The molecule has 1 unspecified atom stereocenters. The molecule has 9 heteroatoms. The van der Waals surface area contributed by atoms with Gasteiger partial charge in [-0.3, -0.25) is 19.8 Å². The van der Waals surface area contributed by atoms with E-state index in [-0.39, 0.29) is 42.6 Å². The van der Waals surface area contributed by atoms with Gasteiger partial charge in [0.1, 0.15) is 11.9 Å². The summed E-state index contributed by atoms with van der Waals surface area (Å²) in [4.78, 5) is 27.7. The van der Waals surface area contributed by atoms with Crippen LogP contribution in [0, 0.1) is 11.7 Å². The summed E-state index contributed by atoms with van der Waals surface area (Å²) in [6.45, 7) is 4.50. The van der Waals surface area contributed by atoms with Gasteiger partial charge < -0.3 is 15.3 Å². The number of nitrogens with zero attached hydrogens (tertiary/aromatic N) is 2. The third kappa shape index (κ3) is 6.33. The normalized spacial score (nSPS) is 26.9. The Hall–Kier alpha value is -1.90. The number of carbonyl (C=O) groups excluding carboxylic acids is 2. The Kier molecular flexibility index (Phi) is 8.73. The van der Waals surface area contributed by atoms with Gasteiger partial charge >= 0.3 is 0 Å². The minimum absolute atomic E-state index is 0. The first-order valence-electron chi connectivity index (χ1n) is 11.5. The second-order valence-electron chi connectivity index (χ2n) is 9.11. The van der Waals surface area contributed by atoms with E-state index in [1.54, 1.807) is 12.1 Å². The average molecular weight is 469 g/mol. The Bertz CT molecular complexity index is 795. The highest BCUT2D eigenvalue weighted by Crippen LogP contribution is 2.28. The van der Waals surface area contributed by atoms with Gasteiger partial charge in [-0.05, 0) is 69.2 Å². The molecule has 3 aliphatic rings. The summed E-state index contributed by atoms with van der Waals surface area (Å²) < 4.78 is 14.8. The number of amides is 2. The minimum atomic E-state index is -0.515. The van der Waals surface area contributed by atoms with Crippen LogP contribution in [0.15, 0.2) is 18.2 Å². The van der Waals surface area contributed by atoms with Crippen LogP contribution in [0.3, 0.4) is 0 Å². The molecule has 1 aliphatic carbocycles. The van der Waals surface area contributed by atoms with Crippen LogP contribution >= 0.6 is 12.4 Å². The van der Waals surface area contributed by atoms with Crippen molar-refractivity contribution in [2.75, 3.05) is 42.9 Å². The Morgan fingerprint density at radius 2 is 1.78 bits per heavy atom. The molecule has 7 nitrogen and oxygen atoms in total. The molecule has 1 atom stereocenters. The van der Waals surface area contributed by atoms with Crippen LogP contribution in [0.2, 0.25) is 0 Å². The predicted molar refractivity (Wildman–Crippen MR) is 125 cm³/mol. The number of halogens is 2. The topological polar surface area (TPSA) is 84.9 Å². The summed E-state index contributed by atoms with van der Waals surface area (Å²) in [5, 5.41) is 15.0. The number of carbonyl (C=O) groups is 2. The zero-order valence-corrected chi connectivity index (χ0v) is 19.2. The van der Waals surface area contributed by atoms with Crippen molar-refractivity contribution < 1.29 is 19.1 Å². The number of imide groups is 1. The molecular formula is C23H34ClFN4O3. The molecule has 3 fully saturated rings. The lowest BCUT2D eigenvalue weighted by atomic mass is 9.85. The van der Waals surface area contributed by atoms with E-state index in [0.717, 1.165) is 64.3 Å². The van der Waals surface area contributed by atoms with E-state index in [1.807, 2.05) is 0 Å². The molecule has 2 amide bonds. The molecule has 0 radical (unpaired) electrons. The lowest BCUT2D eigenvalue weighted by Crippen LogP contribution is -2.47. The van der Waals surface area contributed by atoms with Crippen molar-refractivity contribution in [1.29, 1.82) is 0 Å². The molecule has 4 rings (SSSR count). The fourth-order valence-corrected chi connectivity index (χ4v) is 4.90. The van der Waals surface area contributed by atoms with Gasteiger partial charge in [0.25, 0.3) is 0 Å². The third-order valence-corrected chi connectivity index (χ3v) is 6.91. The molecular weight excluding hydrogens is 435 g/mol. The monoisotopic (exact) mass is 468 g/mol. The molecule has 0 aromatic heterocycles. The standard InChI is InChI=1S/C23H33FN4O3.ClH/c24-19-15-17(25-20-6-8-22(30)26-23(20)31)3-7-21(19)28-13-11-27(12-14-28)10-9-16-1-4-18(29)5-2-16;/h3,7,15-16,18,20,25,29H,1-2,4-6,8-14H2,(H,26,30,31);1H. The maximum absolute atomic E-state index is 14.8. The van der Waals surface area contributed by atoms with Crippen molar-refractivity contribution in [2.24, 2.45) is 5.92 Å². The Labute approximate surface area is 195 Å². The number of hydrogen-bond acceptors (Lipinski definition) is 6. The number of rotatable bonds is 6. The van der Waals surface area contributed by atoms with E-state index in [1.165, 1.54) is 12.5 Å². The van der Waals surface area contributed by atoms with Gasteiger partial charge in [-0.25, -0.2) is 4.39 Å². The first-order valence-corrected chi connectivity index (χ1v) is 11.5. The zero-order chi connectivity index (χ0) is 21.8. The van der Waals surface area contributed by atoms with Gasteiger partial charge in [0.05, 0.1) is 11.8 Å². The van der Waals surface area contributed by atoms with E-state index in [9.17, 15) is 19.1 Å². The summed E-state index contributed by atoms with van der Waals surface area (Å²) in [7, 11) is 0. The molecule has 2 heterocycles. The van der Waals surface area contributed by atoms with Crippen LogP contribution in [0.5, 0.6) is 0 Å². The van der Waals surface area contributed by atoms with Crippen molar-refractivity contribution in [3.63, 3.8) is 0 Å². The number of piperidine rings is 1. The van der Waals surface area contributed by atoms with Crippen LogP contribution < -0.4 is 15.5 Å². The Morgan fingerprint density at radius 3 is 2.44 bits per heavy atom. The van der Waals surface area contributed by atoms with Gasteiger partial charge in [0, 0.05) is 38.3 Å². The van der Waals surface area contributed by atoms with Crippen LogP contribution in [0.4, 0.5) is 15.8 Å². The SMILES string of the molecule is Cl.O=C1CCC(Nc2ccc(N3CCN(CCC4CCC(O)CC4)CC3)c(F)c2)C(=O)N1. The molecule has 2 saturated heterocycles. The van der Waals surface area contributed by atoms with Crippen molar-refractivity contribution >= 4 is 35.6 Å². The van der Waals surface area contributed by atoms with Crippen molar-refractivity contribution in [3.05, 3.63) is 24.0 Å².